The Morgan fingerprint density at radius 3 is 2.79 bits per heavy atom. The molecule has 124 valence electrons. The highest BCUT2D eigenvalue weighted by Crippen LogP contribution is 2.19. The summed E-state index contributed by atoms with van der Waals surface area (Å²) in [6.07, 6.45) is 0. The maximum atomic E-state index is 13.9. The van der Waals surface area contributed by atoms with Crippen LogP contribution in [0.4, 0.5) is 4.39 Å². The van der Waals surface area contributed by atoms with Crippen molar-refractivity contribution in [3.63, 3.8) is 0 Å². The third-order valence-electron chi connectivity index (χ3n) is 3.46. The van der Waals surface area contributed by atoms with Crippen molar-refractivity contribution in [1.29, 1.82) is 5.26 Å². The summed E-state index contributed by atoms with van der Waals surface area (Å²) in [5, 5.41) is 9.02. The Balaban J connectivity index is 2.04. The zero-order valence-electron chi connectivity index (χ0n) is 13.1. The zero-order chi connectivity index (χ0) is 17.5. The molecule has 4 nitrogen and oxygen atoms in total. The second-order valence-corrected chi connectivity index (χ2v) is 5.96. The highest BCUT2D eigenvalue weighted by Gasteiger charge is 2.16. The topological polar surface area (TPSA) is 53.3 Å². The van der Waals surface area contributed by atoms with Gasteiger partial charge in [0, 0.05) is 23.1 Å². The van der Waals surface area contributed by atoms with Gasteiger partial charge in [-0.3, -0.25) is 4.79 Å². The number of amides is 1. The van der Waals surface area contributed by atoms with E-state index in [1.165, 1.54) is 11.0 Å². The highest BCUT2D eigenvalue weighted by atomic mass is 79.9. The van der Waals surface area contributed by atoms with Gasteiger partial charge in [0.25, 0.3) is 5.91 Å². The summed E-state index contributed by atoms with van der Waals surface area (Å²) < 4.78 is 20.1. The van der Waals surface area contributed by atoms with Crippen molar-refractivity contribution in [3.05, 3.63) is 63.9 Å². The van der Waals surface area contributed by atoms with Crippen molar-refractivity contribution < 1.29 is 13.9 Å². The van der Waals surface area contributed by atoms with Gasteiger partial charge >= 0.3 is 0 Å². The van der Waals surface area contributed by atoms with E-state index in [-0.39, 0.29) is 24.9 Å². The minimum Gasteiger partial charge on any atom is -0.482 e. The molecule has 0 bridgehead atoms. The Morgan fingerprint density at radius 1 is 1.33 bits per heavy atom. The van der Waals surface area contributed by atoms with Gasteiger partial charge in [0.15, 0.2) is 6.61 Å². The first-order valence-corrected chi connectivity index (χ1v) is 8.18. The average Bonchev–Trinajstić information content (AvgIpc) is 2.60. The fraction of sp³-hybridized carbons (Fsp3) is 0.222. The molecular weight excluding hydrogens is 375 g/mol. The van der Waals surface area contributed by atoms with E-state index in [0.29, 0.717) is 23.4 Å². The Kier molecular flexibility index (Phi) is 6.33. The largest absolute Gasteiger partial charge is 0.482 e. The van der Waals surface area contributed by atoms with Crippen LogP contribution in [0.5, 0.6) is 5.75 Å². The molecule has 0 heterocycles. The molecular formula is C18H16BrFN2O2. The van der Waals surface area contributed by atoms with E-state index in [9.17, 15) is 9.18 Å². The lowest BCUT2D eigenvalue weighted by Gasteiger charge is -2.21. The van der Waals surface area contributed by atoms with Gasteiger partial charge in [-0.1, -0.05) is 28.1 Å². The van der Waals surface area contributed by atoms with Gasteiger partial charge in [-0.25, -0.2) is 4.39 Å². The van der Waals surface area contributed by atoms with Gasteiger partial charge in [-0.05, 0) is 37.3 Å². The van der Waals surface area contributed by atoms with Crippen LogP contribution >= 0.6 is 15.9 Å². The Labute approximate surface area is 148 Å². The first kappa shape index (κ1) is 18.0. The van der Waals surface area contributed by atoms with Crippen molar-refractivity contribution in [2.75, 3.05) is 13.2 Å². The van der Waals surface area contributed by atoms with Gasteiger partial charge < -0.3 is 9.64 Å². The molecule has 0 radical (unpaired) electrons. The number of carbonyl (C=O) groups excluding carboxylic acids is 1. The third kappa shape index (κ3) is 4.56. The summed E-state index contributed by atoms with van der Waals surface area (Å²) in [4.78, 5) is 13.8. The molecule has 2 aromatic carbocycles. The number of halogens is 2. The number of para-hydroxylation sites is 1. The lowest BCUT2D eigenvalue weighted by molar-refractivity contribution is -0.133. The van der Waals surface area contributed by atoms with E-state index in [0.717, 1.165) is 4.47 Å². The molecule has 24 heavy (non-hydrogen) atoms. The smallest absolute Gasteiger partial charge is 0.260 e. The molecule has 0 saturated carbocycles. The second kappa shape index (κ2) is 8.46. The van der Waals surface area contributed by atoms with Crippen LogP contribution in [0.15, 0.2) is 46.9 Å². The summed E-state index contributed by atoms with van der Waals surface area (Å²) in [6.45, 7) is 2.19. The molecule has 0 saturated heterocycles. The summed E-state index contributed by atoms with van der Waals surface area (Å²) in [6, 6.07) is 13.3. The molecule has 1 amide bonds. The molecule has 0 aliphatic heterocycles. The monoisotopic (exact) mass is 390 g/mol. The van der Waals surface area contributed by atoms with Gasteiger partial charge in [-0.2, -0.15) is 5.26 Å². The SMILES string of the molecule is CCN(Cc1cc(Br)ccc1F)C(=O)COc1ccccc1C#N. The molecule has 0 N–H and O–H groups in total. The molecule has 0 aliphatic carbocycles. The molecule has 0 aromatic heterocycles. The molecule has 0 atom stereocenters. The van der Waals surface area contributed by atoms with Crippen molar-refractivity contribution in [3.8, 4) is 11.8 Å². The lowest BCUT2D eigenvalue weighted by atomic mass is 10.2. The maximum Gasteiger partial charge on any atom is 0.260 e. The van der Waals surface area contributed by atoms with E-state index >= 15 is 0 Å². The summed E-state index contributed by atoms with van der Waals surface area (Å²) in [5.74, 6) is -0.275. The van der Waals surface area contributed by atoms with Crippen LogP contribution in [0.1, 0.15) is 18.1 Å². The second-order valence-electron chi connectivity index (χ2n) is 5.04. The number of hydrogen-bond donors (Lipinski definition) is 0. The minimum absolute atomic E-state index is 0.157. The highest BCUT2D eigenvalue weighted by molar-refractivity contribution is 9.10. The fourth-order valence-corrected chi connectivity index (χ4v) is 2.57. The first-order valence-electron chi connectivity index (χ1n) is 7.38. The molecule has 6 heteroatoms. The van der Waals surface area contributed by atoms with Gasteiger partial charge in [0.2, 0.25) is 0 Å². The third-order valence-corrected chi connectivity index (χ3v) is 3.96. The van der Waals surface area contributed by atoms with Crippen LogP contribution < -0.4 is 4.74 Å². The van der Waals surface area contributed by atoms with E-state index < -0.39 is 0 Å². The standard InChI is InChI=1S/C18H16BrFN2O2/c1-2-22(11-14-9-15(19)7-8-16(14)20)18(23)12-24-17-6-4-3-5-13(17)10-21/h3-9H,2,11-12H2,1H3. The summed E-state index contributed by atoms with van der Waals surface area (Å²) >= 11 is 3.30. The molecule has 0 unspecified atom stereocenters. The number of nitriles is 1. The van der Waals surface area contributed by atoms with Crippen LogP contribution in [-0.4, -0.2) is 24.0 Å². The zero-order valence-corrected chi connectivity index (χ0v) is 14.7. The Bertz CT molecular complexity index is 774. The van der Waals surface area contributed by atoms with Crippen LogP contribution in [0, 0.1) is 17.1 Å². The molecule has 2 rings (SSSR count). The van der Waals surface area contributed by atoms with E-state index in [1.807, 2.05) is 13.0 Å². The first-order chi connectivity index (χ1) is 11.5. The van der Waals surface area contributed by atoms with Crippen LogP contribution in [0.3, 0.4) is 0 Å². The van der Waals surface area contributed by atoms with E-state index in [2.05, 4.69) is 15.9 Å². The van der Waals surface area contributed by atoms with Crippen molar-refractivity contribution in [2.24, 2.45) is 0 Å². The maximum absolute atomic E-state index is 13.9. The van der Waals surface area contributed by atoms with E-state index in [1.54, 1.807) is 36.4 Å². The number of carbonyl (C=O) groups is 1. The van der Waals surface area contributed by atoms with Gasteiger partial charge in [-0.15, -0.1) is 0 Å². The molecule has 0 fully saturated rings. The lowest BCUT2D eigenvalue weighted by Crippen LogP contribution is -2.34. The number of benzene rings is 2. The normalized spacial score (nSPS) is 10.1. The molecule has 0 spiro atoms. The number of nitrogens with zero attached hydrogens (tertiary/aromatic N) is 2. The molecule has 0 aliphatic rings. The van der Waals surface area contributed by atoms with E-state index in [4.69, 9.17) is 10.00 Å². The van der Waals surface area contributed by atoms with Crippen molar-refractivity contribution >= 4 is 21.8 Å². The average molecular weight is 391 g/mol. The summed E-state index contributed by atoms with van der Waals surface area (Å²) in [5.41, 5.74) is 0.795. The van der Waals surface area contributed by atoms with Crippen molar-refractivity contribution in [2.45, 2.75) is 13.5 Å². The fourth-order valence-electron chi connectivity index (χ4n) is 2.16. The van der Waals surface area contributed by atoms with Crippen LogP contribution in [-0.2, 0) is 11.3 Å². The number of rotatable bonds is 6. The number of hydrogen-bond acceptors (Lipinski definition) is 3. The number of likely N-dealkylation sites (N-methyl/N-ethyl adjacent to an activating group) is 1. The van der Waals surface area contributed by atoms with Crippen LogP contribution in [0.2, 0.25) is 0 Å². The Morgan fingerprint density at radius 2 is 2.08 bits per heavy atom. The van der Waals surface area contributed by atoms with Gasteiger partial charge in [0.05, 0.1) is 5.56 Å². The quantitative estimate of drug-likeness (QED) is 0.751. The van der Waals surface area contributed by atoms with Crippen LogP contribution in [0.25, 0.3) is 0 Å². The van der Waals surface area contributed by atoms with Crippen molar-refractivity contribution in [1.82, 2.24) is 4.90 Å². The Hall–Kier alpha value is -2.39. The number of ether oxygens (including phenoxy) is 1. The predicted octanol–water partition coefficient (Wildman–Crippen LogP) is 3.89. The predicted molar refractivity (Wildman–Crippen MR) is 91.8 cm³/mol. The van der Waals surface area contributed by atoms with Gasteiger partial charge in [0.1, 0.15) is 17.6 Å². The summed E-state index contributed by atoms with van der Waals surface area (Å²) in [7, 11) is 0. The molecule has 2 aromatic rings. The minimum atomic E-state index is -0.361.